The van der Waals surface area contributed by atoms with E-state index in [0.717, 1.165) is 26.2 Å². The first-order chi connectivity index (χ1) is 10.8. The van der Waals surface area contributed by atoms with Crippen molar-refractivity contribution in [3.05, 3.63) is 0 Å². The predicted molar refractivity (Wildman–Crippen MR) is 106 cm³/mol. The Morgan fingerprint density at radius 3 is 1.61 bits per heavy atom. The van der Waals surface area contributed by atoms with Gasteiger partial charge in [-0.3, -0.25) is 0 Å². The van der Waals surface area contributed by atoms with Crippen molar-refractivity contribution in [3.8, 4) is 0 Å². The summed E-state index contributed by atoms with van der Waals surface area (Å²) >= 11 is 3.00. The first-order valence-corrected chi connectivity index (χ1v) is 9.38. The number of hydrogen-bond donors (Lipinski definition) is 3. The van der Waals surface area contributed by atoms with Crippen LogP contribution in [0.25, 0.3) is 0 Å². The molecule has 0 aliphatic rings. The summed E-state index contributed by atoms with van der Waals surface area (Å²) in [6, 6.07) is 0. The molecule has 3 N–H and O–H groups in total. The number of nitrogens with one attached hydrogen (secondary N) is 1. The Hall–Kier alpha value is 0.240. The molecule has 144 valence electrons. The van der Waals surface area contributed by atoms with Crippen LogP contribution in [-0.4, -0.2) is 118 Å². The summed E-state index contributed by atoms with van der Waals surface area (Å²) in [4.78, 5) is 6.51. The number of hydrogen-bond acceptors (Lipinski definition) is 6. The van der Waals surface area contributed by atoms with Gasteiger partial charge < -0.3 is 30.2 Å². The number of halogens is 1. The number of alkyl halides is 1. The zero-order chi connectivity index (χ0) is 18.5. The summed E-state index contributed by atoms with van der Waals surface area (Å²) in [7, 11) is 12.4. The lowest BCUT2D eigenvalue weighted by molar-refractivity contribution is 0.215. The minimum Gasteiger partial charge on any atom is -0.396 e. The highest BCUT2D eigenvalue weighted by Gasteiger charge is 1.96. The van der Waals surface area contributed by atoms with Crippen LogP contribution >= 0.6 is 15.9 Å². The molecule has 0 bridgehead atoms. The van der Waals surface area contributed by atoms with E-state index in [9.17, 15) is 0 Å². The van der Waals surface area contributed by atoms with Gasteiger partial charge in [0.2, 0.25) is 0 Å². The van der Waals surface area contributed by atoms with Crippen LogP contribution in [0.1, 0.15) is 12.8 Å². The van der Waals surface area contributed by atoms with Gasteiger partial charge in [0, 0.05) is 11.9 Å². The summed E-state index contributed by atoms with van der Waals surface area (Å²) in [5, 5.41) is 20.2. The lowest BCUT2D eigenvalue weighted by atomic mass is 10.4. The fraction of sp³-hybridized carbons (Fsp3) is 1.00. The molecule has 0 fully saturated rings. The largest absolute Gasteiger partial charge is 0.396 e. The van der Waals surface area contributed by atoms with E-state index in [0.29, 0.717) is 5.33 Å². The second-order valence-electron chi connectivity index (χ2n) is 5.86. The molecule has 0 aromatic heterocycles. The van der Waals surface area contributed by atoms with Crippen molar-refractivity contribution in [3.63, 3.8) is 0 Å². The lowest BCUT2D eigenvalue weighted by Gasteiger charge is -2.16. The Labute approximate surface area is 153 Å². The van der Waals surface area contributed by atoms with Crippen molar-refractivity contribution in [1.82, 2.24) is 20.0 Å². The van der Waals surface area contributed by atoms with E-state index in [1.165, 1.54) is 19.4 Å². The molecule has 0 spiro atoms. The van der Waals surface area contributed by atoms with Gasteiger partial charge in [0.1, 0.15) is 0 Å². The van der Waals surface area contributed by atoms with Crippen molar-refractivity contribution in [2.45, 2.75) is 12.8 Å². The minimum absolute atomic E-state index is 0.236. The van der Waals surface area contributed by atoms with E-state index in [1.54, 1.807) is 0 Å². The molecule has 23 heavy (non-hydrogen) atoms. The third-order valence-electron chi connectivity index (χ3n) is 2.74. The topological polar surface area (TPSA) is 62.2 Å². The van der Waals surface area contributed by atoms with E-state index in [2.05, 4.69) is 64.1 Å². The summed E-state index contributed by atoms with van der Waals surface area (Å²) in [5.41, 5.74) is 0. The Balaban J connectivity index is -0.000000292. The highest BCUT2D eigenvalue weighted by molar-refractivity contribution is 9.09. The lowest BCUT2D eigenvalue weighted by Crippen LogP contribution is -2.26. The van der Waals surface area contributed by atoms with E-state index in [1.807, 2.05) is 14.1 Å². The normalized spacial score (nSPS) is 10.4. The van der Waals surface area contributed by atoms with Crippen LogP contribution in [0, 0.1) is 0 Å². The van der Waals surface area contributed by atoms with Gasteiger partial charge in [-0.25, -0.2) is 0 Å². The molecule has 0 heterocycles. The van der Waals surface area contributed by atoms with Crippen molar-refractivity contribution < 1.29 is 10.2 Å². The molecular formula is C16H41BrN4O2. The maximum Gasteiger partial charge on any atom is 0.0558 e. The van der Waals surface area contributed by atoms with Crippen LogP contribution in [0.3, 0.4) is 0 Å². The van der Waals surface area contributed by atoms with Gasteiger partial charge in [-0.05, 0) is 81.3 Å². The minimum atomic E-state index is 0.236. The standard InChI is InChI=1S/C8H20N2O.C6H16N2.C2H5BrO/c1-9(2)5-4-6-10(3)7-8-11;1-7-5-4-6-8(2)3;3-1-2-4/h11H,4-8H2,1-3H3;7H,4-6H2,1-3H3;4H,1-2H2. The fourth-order valence-electron chi connectivity index (χ4n) is 1.51. The molecule has 0 aromatic rings. The molecule has 0 aliphatic heterocycles. The number of likely N-dealkylation sites (N-methyl/N-ethyl adjacent to an activating group) is 1. The summed E-state index contributed by atoms with van der Waals surface area (Å²) in [6.07, 6.45) is 2.41. The molecule has 0 aromatic carbocycles. The van der Waals surface area contributed by atoms with Gasteiger partial charge in [0.05, 0.1) is 13.2 Å². The predicted octanol–water partition coefficient (Wildman–Crippen LogP) is 0.393. The highest BCUT2D eigenvalue weighted by atomic mass is 79.9. The van der Waals surface area contributed by atoms with Gasteiger partial charge in [0.25, 0.3) is 0 Å². The highest BCUT2D eigenvalue weighted by Crippen LogP contribution is 1.87. The van der Waals surface area contributed by atoms with Crippen molar-refractivity contribution in [1.29, 1.82) is 0 Å². The molecule has 0 saturated carbocycles. The van der Waals surface area contributed by atoms with E-state index < -0.39 is 0 Å². The molecule has 0 radical (unpaired) electrons. The third kappa shape index (κ3) is 39.2. The Morgan fingerprint density at radius 1 is 0.783 bits per heavy atom. The van der Waals surface area contributed by atoms with Crippen LogP contribution in [0.5, 0.6) is 0 Å². The SMILES string of the molecule is CN(C)CCCN(C)CCO.CNCCCN(C)C.OCCBr. The second kappa shape index (κ2) is 24.5. The summed E-state index contributed by atoms with van der Waals surface area (Å²) in [5.74, 6) is 0. The molecule has 0 unspecified atom stereocenters. The zero-order valence-corrected chi connectivity index (χ0v) is 17.8. The molecule has 0 aliphatic carbocycles. The second-order valence-corrected chi connectivity index (χ2v) is 6.65. The first kappa shape index (κ1) is 28.1. The molecule has 0 atom stereocenters. The van der Waals surface area contributed by atoms with Crippen molar-refractivity contribution >= 4 is 15.9 Å². The van der Waals surface area contributed by atoms with E-state index in [-0.39, 0.29) is 13.2 Å². The zero-order valence-electron chi connectivity index (χ0n) is 16.2. The maximum atomic E-state index is 8.59. The quantitative estimate of drug-likeness (QED) is 0.344. The van der Waals surface area contributed by atoms with Crippen LogP contribution in [0.2, 0.25) is 0 Å². The van der Waals surface area contributed by atoms with Gasteiger partial charge in [-0.1, -0.05) is 15.9 Å². The third-order valence-corrected chi connectivity index (χ3v) is 3.10. The molecular weight excluding hydrogens is 360 g/mol. The molecule has 0 amide bonds. The molecule has 7 heteroatoms. The summed E-state index contributed by atoms with van der Waals surface area (Å²) < 4.78 is 0. The Kier molecular flexibility index (Phi) is 29.9. The van der Waals surface area contributed by atoms with Crippen LogP contribution in [0.4, 0.5) is 0 Å². The van der Waals surface area contributed by atoms with Crippen molar-refractivity contribution in [2.75, 3.05) is 93.6 Å². The van der Waals surface area contributed by atoms with E-state index >= 15 is 0 Å². The smallest absolute Gasteiger partial charge is 0.0558 e. The number of rotatable bonds is 11. The number of aliphatic hydroxyl groups is 2. The maximum absolute atomic E-state index is 8.59. The van der Waals surface area contributed by atoms with Crippen LogP contribution in [0.15, 0.2) is 0 Å². The molecule has 6 nitrogen and oxygen atoms in total. The van der Waals surface area contributed by atoms with Gasteiger partial charge in [0.15, 0.2) is 0 Å². The van der Waals surface area contributed by atoms with Gasteiger partial charge in [-0.2, -0.15) is 0 Å². The average molecular weight is 401 g/mol. The van der Waals surface area contributed by atoms with Gasteiger partial charge >= 0.3 is 0 Å². The monoisotopic (exact) mass is 400 g/mol. The van der Waals surface area contributed by atoms with Gasteiger partial charge in [-0.15, -0.1) is 0 Å². The number of aliphatic hydroxyl groups excluding tert-OH is 2. The number of nitrogens with zero attached hydrogens (tertiary/aromatic N) is 3. The van der Waals surface area contributed by atoms with Crippen LogP contribution < -0.4 is 5.32 Å². The summed E-state index contributed by atoms with van der Waals surface area (Å²) in [6.45, 7) is 5.78. The molecule has 0 saturated heterocycles. The Bertz CT molecular complexity index is 197. The van der Waals surface area contributed by atoms with Crippen LogP contribution in [-0.2, 0) is 0 Å². The molecule has 0 rings (SSSR count). The van der Waals surface area contributed by atoms with E-state index in [4.69, 9.17) is 10.2 Å². The Morgan fingerprint density at radius 2 is 1.26 bits per heavy atom. The first-order valence-electron chi connectivity index (χ1n) is 8.25. The average Bonchev–Trinajstić information content (AvgIpc) is 2.48. The van der Waals surface area contributed by atoms with Crippen molar-refractivity contribution in [2.24, 2.45) is 0 Å². The fourth-order valence-corrected chi connectivity index (χ4v) is 1.51.